The fraction of sp³-hybridized carbons (Fsp3) is 0.0189. The summed E-state index contributed by atoms with van der Waals surface area (Å²) < 4.78 is 2.32. The number of hydrogen-bond donors (Lipinski definition) is 0. The molecule has 0 spiro atoms. The van der Waals surface area contributed by atoms with Gasteiger partial charge in [0.2, 0.25) is 5.95 Å². The van der Waals surface area contributed by atoms with Crippen LogP contribution in [0, 0.1) is 0 Å². The number of allylic oxidation sites excluding steroid dienone is 2. The molecule has 0 aliphatic rings. The molecule has 0 unspecified atom stereocenters. The number of nitrogens with zero attached hydrogens (tertiary/aromatic N) is 3. The van der Waals surface area contributed by atoms with E-state index >= 15 is 0 Å². The van der Waals surface area contributed by atoms with Crippen LogP contribution in [0.5, 0.6) is 0 Å². The van der Waals surface area contributed by atoms with Gasteiger partial charge in [0.1, 0.15) is 0 Å². The van der Waals surface area contributed by atoms with E-state index in [-0.39, 0.29) is 0 Å². The molecule has 0 N–H and O–H groups in total. The van der Waals surface area contributed by atoms with Crippen LogP contribution in [-0.4, -0.2) is 14.5 Å². The van der Waals surface area contributed by atoms with Crippen molar-refractivity contribution in [1.82, 2.24) is 14.5 Å². The molecule has 2 heterocycles. The lowest BCUT2D eigenvalue weighted by atomic mass is 9.91. The summed E-state index contributed by atoms with van der Waals surface area (Å²) in [6, 6.07) is 58.7. The molecule has 0 amide bonds. The van der Waals surface area contributed by atoms with Crippen molar-refractivity contribution in [2.24, 2.45) is 0 Å². The highest BCUT2D eigenvalue weighted by atomic mass is 15.2. The first-order valence-corrected chi connectivity index (χ1v) is 19.1. The molecule has 11 rings (SSSR count). The van der Waals surface area contributed by atoms with Crippen molar-refractivity contribution in [3.05, 3.63) is 186 Å². The third-order valence-corrected chi connectivity index (χ3v) is 11.4. The van der Waals surface area contributed by atoms with Gasteiger partial charge in [-0.25, -0.2) is 9.97 Å². The molecule has 0 fully saturated rings. The van der Waals surface area contributed by atoms with Gasteiger partial charge in [-0.15, -0.1) is 0 Å². The molecule has 2 aromatic heterocycles. The van der Waals surface area contributed by atoms with Crippen LogP contribution in [0.2, 0.25) is 0 Å². The molecule has 9 aromatic carbocycles. The Morgan fingerprint density at radius 1 is 0.482 bits per heavy atom. The topological polar surface area (TPSA) is 30.7 Å². The van der Waals surface area contributed by atoms with Gasteiger partial charge in [-0.3, -0.25) is 4.57 Å². The molecule has 0 saturated heterocycles. The molecule has 0 aliphatic carbocycles. The molecule has 0 saturated carbocycles. The van der Waals surface area contributed by atoms with Gasteiger partial charge in [-0.05, 0) is 78.8 Å². The average molecular weight is 714 g/mol. The smallest absolute Gasteiger partial charge is 0.235 e. The summed E-state index contributed by atoms with van der Waals surface area (Å²) in [6.07, 6.45) is 6.35. The van der Waals surface area contributed by atoms with Crippen molar-refractivity contribution >= 4 is 88.5 Å². The number of rotatable bonds is 4. The van der Waals surface area contributed by atoms with Gasteiger partial charge in [-0.2, -0.15) is 0 Å². The summed E-state index contributed by atoms with van der Waals surface area (Å²) in [5.74, 6) is 0.627. The number of fused-ring (bicyclic) bond motifs is 12. The fourth-order valence-electron chi connectivity index (χ4n) is 8.90. The molecule has 11 aromatic rings. The quantitative estimate of drug-likeness (QED) is 0.170. The van der Waals surface area contributed by atoms with Crippen LogP contribution in [0.15, 0.2) is 176 Å². The lowest BCUT2D eigenvalue weighted by Gasteiger charge is -2.16. The van der Waals surface area contributed by atoms with Crippen LogP contribution >= 0.6 is 0 Å². The first-order chi connectivity index (χ1) is 27.7. The molecule has 3 heteroatoms. The monoisotopic (exact) mass is 713 g/mol. The van der Waals surface area contributed by atoms with Crippen molar-refractivity contribution in [3.8, 4) is 28.3 Å². The van der Waals surface area contributed by atoms with Crippen molar-refractivity contribution in [1.29, 1.82) is 0 Å². The van der Waals surface area contributed by atoms with E-state index in [1.54, 1.807) is 0 Å². The maximum atomic E-state index is 5.49. The predicted octanol–water partition coefficient (Wildman–Crippen LogP) is 12.4. The highest BCUT2D eigenvalue weighted by molar-refractivity contribution is 6.26. The van der Waals surface area contributed by atoms with Gasteiger partial charge in [-0.1, -0.05) is 170 Å². The van der Waals surface area contributed by atoms with Crippen molar-refractivity contribution in [2.75, 3.05) is 0 Å². The number of hydrogen-bond acceptors (Lipinski definition) is 2. The maximum absolute atomic E-state index is 5.49. The Balaban J connectivity index is 1.35. The Kier molecular flexibility index (Phi) is 7.23. The first-order valence-electron chi connectivity index (χ1n) is 19.1. The second kappa shape index (κ2) is 12.6. The summed E-state index contributed by atoms with van der Waals surface area (Å²) in [7, 11) is 0. The molecule has 0 aliphatic heterocycles. The zero-order valence-electron chi connectivity index (χ0n) is 30.9. The number of para-hydroxylation sites is 1. The normalized spacial score (nSPS) is 12.5. The first kappa shape index (κ1) is 32.1. The summed E-state index contributed by atoms with van der Waals surface area (Å²) in [6.45, 7) is 6.91. The van der Waals surface area contributed by atoms with E-state index in [0.717, 1.165) is 76.3 Å². The van der Waals surface area contributed by atoms with Gasteiger partial charge in [0, 0.05) is 32.7 Å². The van der Waals surface area contributed by atoms with E-state index in [1.807, 2.05) is 6.07 Å². The van der Waals surface area contributed by atoms with Crippen LogP contribution < -0.4 is 10.4 Å². The van der Waals surface area contributed by atoms with Crippen LogP contribution in [0.4, 0.5) is 0 Å². The summed E-state index contributed by atoms with van der Waals surface area (Å²) in [5, 5.41) is 15.1. The van der Waals surface area contributed by atoms with Gasteiger partial charge >= 0.3 is 0 Å². The minimum atomic E-state index is 0.627. The molecule has 0 bridgehead atoms. The Bertz CT molecular complexity index is 3520. The Morgan fingerprint density at radius 3 is 1.82 bits per heavy atom. The van der Waals surface area contributed by atoms with Crippen molar-refractivity contribution in [2.45, 2.75) is 6.92 Å². The predicted molar refractivity (Wildman–Crippen MR) is 239 cm³/mol. The Labute approximate surface area is 323 Å². The molecule has 262 valence electrons. The van der Waals surface area contributed by atoms with E-state index in [1.165, 1.54) is 32.3 Å². The minimum absolute atomic E-state index is 0.627. The van der Waals surface area contributed by atoms with Gasteiger partial charge in [0.15, 0.2) is 0 Å². The highest BCUT2D eigenvalue weighted by Gasteiger charge is 2.23. The van der Waals surface area contributed by atoms with Crippen LogP contribution in [-0.2, 0) is 0 Å². The minimum Gasteiger partial charge on any atom is -0.277 e. The van der Waals surface area contributed by atoms with E-state index in [0.29, 0.717) is 5.95 Å². The Morgan fingerprint density at radius 2 is 1.09 bits per heavy atom. The SMILES string of the molecule is C=c1c(-c2ccc3c4ccccc4c4ccccc4c3c2)c2c(c/c1=C/C=C\C)c1ccc3ccccc3c1n2-c1nc(-c2ccccc2)c2ccccc2n1. The zero-order chi connectivity index (χ0) is 37.3. The largest absolute Gasteiger partial charge is 0.277 e. The van der Waals surface area contributed by atoms with Crippen molar-refractivity contribution < 1.29 is 0 Å². The lowest BCUT2D eigenvalue weighted by molar-refractivity contribution is 1.02. The standard InChI is InChI=1S/C53H35N3/c1-3-4-16-36-31-47-44-30-27-34-17-8-9-20-38(34)51(44)56(53-54-48-26-15-14-25-45(48)50(55-53)35-18-6-5-7-19-35)52(47)49(33(36)2)37-28-29-43-41-23-11-10-21-39(41)40-22-12-13-24-42(40)46(43)32-37/h3-32H,2H2,1H3/b4-3-,36-16-. The summed E-state index contributed by atoms with van der Waals surface area (Å²) in [4.78, 5) is 10.9. The molecule has 0 atom stereocenters. The Hall–Kier alpha value is -7.36. The highest BCUT2D eigenvalue weighted by Crippen LogP contribution is 2.42. The van der Waals surface area contributed by atoms with Crippen LogP contribution in [0.3, 0.4) is 0 Å². The third kappa shape index (κ3) is 4.77. The van der Waals surface area contributed by atoms with Crippen molar-refractivity contribution in [3.63, 3.8) is 0 Å². The second-order valence-corrected chi connectivity index (χ2v) is 14.5. The number of benzene rings is 9. The number of aromatic nitrogens is 3. The van der Waals surface area contributed by atoms with Crippen LogP contribution in [0.1, 0.15) is 6.92 Å². The van der Waals surface area contributed by atoms with E-state index in [4.69, 9.17) is 16.5 Å². The zero-order valence-corrected chi connectivity index (χ0v) is 30.9. The molecular formula is C53H35N3. The second-order valence-electron chi connectivity index (χ2n) is 14.5. The summed E-state index contributed by atoms with van der Waals surface area (Å²) in [5.41, 5.74) is 7.13. The van der Waals surface area contributed by atoms with Gasteiger partial charge in [0.25, 0.3) is 0 Å². The van der Waals surface area contributed by atoms with E-state index in [2.05, 4.69) is 187 Å². The molecule has 56 heavy (non-hydrogen) atoms. The molecular weight excluding hydrogens is 679 g/mol. The third-order valence-electron chi connectivity index (χ3n) is 11.4. The summed E-state index contributed by atoms with van der Waals surface area (Å²) >= 11 is 0. The van der Waals surface area contributed by atoms with E-state index < -0.39 is 0 Å². The fourth-order valence-corrected chi connectivity index (χ4v) is 8.90. The molecule has 0 radical (unpaired) electrons. The molecule has 3 nitrogen and oxygen atoms in total. The van der Waals surface area contributed by atoms with Gasteiger partial charge in [0.05, 0.1) is 22.2 Å². The van der Waals surface area contributed by atoms with E-state index in [9.17, 15) is 0 Å². The average Bonchev–Trinajstić information content (AvgIpc) is 3.59. The lowest BCUT2D eigenvalue weighted by Crippen LogP contribution is -2.26. The van der Waals surface area contributed by atoms with Crippen LogP contribution in [0.25, 0.3) is 117 Å². The van der Waals surface area contributed by atoms with Gasteiger partial charge < -0.3 is 0 Å². The maximum Gasteiger partial charge on any atom is 0.235 e.